The molecule has 0 aliphatic rings. The van der Waals surface area contributed by atoms with Crippen LogP contribution in [0.25, 0.3) is 0 Å². The number of thiazole rings is 1. The Labute approximate surface area is 96.9 Å². The first kappa shape index (κ1) is 11.0. The molecular formula is C9H13N5OS. The molecule has 0 spiro atoms. The molecule has 2 heterocycles. The van der Waals surface area contributed by atoms with Crippen molar-refractivity contribution in [2.24, 2.45) is 5.73 Å². The van der Waals surface area contributed by atoms with Gasteiger partial charge in [-0.3, -0.25) is 0 Å². The molecule has 16 heavy (non-hydrogen) atoms. The highest BCUT2D eigenvalue weighted by Gasteiger charge is 2.04. The van der Waals surface area contributed by atoms with E-state index in [1.54, 1.807) is 11.3 Å². The highest BCUT2D eigenvalue weighted by Crippen LogP contribution is 2.10. The predicted octanol–water partition coefficient (Wildman–Crippen LogP) is 0.948. The summed E-state index contributed by atoms with van der Waals surface area (Å²) < 4.78 is 5.20. The van der Waals surface area contributed by atoms with Crippen molar-refractivity contribution in [1.82, 2.24) is 15.2 Å². The van der Waals surface area contributed by atoms with Crippen molar-refractivity contribution in [2.75, 3.05) is 11.9 Å². The van der Waals surface area contributed by atoms with Crippen molar-refractivity contribution >= 4 is 17.4 Å². The first-order valence-electron chi connectivity index (χ1n) is 4.95. The van der Waals surface area contributed by atoms with E-state index in [4.69, 9.17) is 10.2 Å². The summed E-state index contributed by atoms with van der Waals surface area (Å²) in [6.07, 6.45) is 0.846. The van der Waals surface area contributed by atoms with Gasteiger partial charge in [0.2, 0.25) is 5.89 Å². The predicted molar refractivity (Wildman–Crippen MR) is 61.2 cm³/mol. The van der Waals surface area contributed by atoms with Crippen LogP contribution in [0.15, 0.2) is 9.80 Å². The first-order chi connectivity index (χ1) is 7.78. The third kappa shape index (κ3) is 2.77. The SMILES string of the molecule is Cc1csc(CCNc2nnc(CN)o2)n1. The average Bonchev–Trinajstić information content (AvgIpc) is 2.88. The van der Waals surface area contributed by atoms with Crippen molar-refractivity contribution in [2.45, 2.75) is 19.9 Å². The van der Waals surface area contributed by atoms with Crippen LogP contribution in [0.1, 0.15) is 16.6 Å². The fourth-order valence-electron chi connectivity index (χ4n) is 1.20. The molecule has 6 nitrogen and oxygen atoms in total. The Hall–Kier alpha value is -1.47. The van der Waals surface area contributed by atoms with Gasteiger partial charge in [0.05, 0.1) is 11.6 Å². The van der Waals surface area contributed by atoms with Crippen LogP contribution in [0.2, 0.25) is 0 Å². The third-order valence-corrected chi connectivity index (χ3v) is 2.95. The molecule has 0 aliphatic heterocycles. The molecule has 86 valence electrons. The zero-order valence-corrected chi connectivity index (χ0v) is 9.75. The Kier molecular flexibility index (Phi) is 3.47. The maximum Gasteiger partial charge on any atom is 0.315 e. The molecule has 2 aromatic rings. The number of hydrogen-bond acceptors (Lipinski definition) is 7. The molecule has 0 bridgehead atoms. The second-order valence-corrected chi connectivity index (χ2v) is 4.21. The molecule has 7 heteroatoms. The van der Waals surface area contributed by atoms with Gasteiger partial charge >= 0.3 is 6.01 Å². The van der Waals surface area contributed by atoms with Crippen molar-refractivity contribution in [3.05, 3.63) is 22.0 Å². The van der Waals surface area contributed by atoms with Gasteiger partial charge < -0.3 is 15.5 Å². The van der Waals surface area contributed by atoms with Crippen LogP contribution in [0.3, 0.4) is 0 Å². The number of rotatable bonds is 5. The first-order valence-corrected chi connectivity index (χ1v) is 5.83. The molecule has 0 amide bonds. The lowest BCUT2D eigenvalue weighted by atomic mass is 10.4. The van der Waals surface area contributed by atoms with Crippen molar-refractivity contribution in [1.29, 1.82) is 0 Å². The molecule has 0 radical (unpaired) electrons. The lowest BCUT2D eigenvalue weighted by molar-refractivity contribution is 0.507. The minimum Gasteiger partial charge on any atom is -0.407 e. The Morgan fingerprint density at radius 3 is 3.00 bits per heavy atom. The zero-order valence-electron chi connectivity index (χ0n) is 8.93. The van der Waals surface area contributed by atoms with Gasteiger partial charge in [-0.1, -0.05) is 5.10 Å². The summed E-state index contributed by atoms with van der Waals surface area (Å²) in [7, 11) is 0. The minimum atomic E-state index is 0.264. The van der Waals surface area contributed by atoms with Gasteiger partial charge in [0.25, 0.3) is 0 Å². The summed E-state index contributed by atoms with van der Waals surface area (Å²) in [6, 6.07) is 0.411. The molecule has 0 fully saturated rings. The summed E-state index contributed by atoms with van der Waals surface area (Å²) in [4.78, 5) is 4.36. The third-order valence-electron chi connectivity index (χ3n) is 1.92. The van der Waals surface area contributed by atoms with Crippen LogP contribution in [-0.4, -0.2) is 21.7 Å². The van der Waals surface area contributed by atoms with E-state index in [0.717, 1.165) is 23.7 Å². The maximum atomic E-state index is 5.35. The van der Waals surface area contributed by atoms with Crippen LogP contribution < -0.4 is 11.1 Å². The fourth-order valence-corrected chi connectivity index (χ4v) is 1.98. The van der Waals surface area contributed by atoms with E-state index in [1.807, 2.05) is 12.3 Å². The average molecular weight is 239 g/mol. The summed E-state index contributed by atoms with van der Waals surface area (Å²) in [5, 5.41) is 13.7. The molecule has 0 aromatic carbocycles. The molecule has 0 aliphatic carbocycles. The number of nitrogens with two attached hydrogens (primary N) is 1. The van der Waals surface area contributed by atoms with Crippen molar-refractivity contribution in [3.63, 3.8) is 0 Å². The Balaban J connectivity index is 1.79. The van der Waals surface area contributed by atoms with Gasteiger partial charge in [-0.05, 0) is 6.92 Å². The maximum absolute atomic E-state index is 5.35. The van der Waals surface area contributed by atoms with Crippen LogP contribution in [0.4, 0.5) is 6.01 Å². The van der Waals surface area contributed by atoms with Crippen molar-refractivity contribution in [3.8, 4) is 0 Å². The summed E-state index contributed by atoms with van der Waals surface area (Å²) in [5.41, 5.74) is 6.41. The molecule has 3 N–H and O–H groups in total. The largest absolute Gasteiger partial charge is 0.407 e. The number of anilines is 1. The lowest BCUT2D eigenvalue weighted by Crippen LogP contribution is -2.04. The van der Waals surface area contributed by atoms with Crippen molar-refractivity contribution < 1.29 is 4.42 Å². The van der Waals surface area contributed by atoms with Gasteiger partial charge in [-0.15, -0.1) is 16.4 Å². The van der Waals surface area contributed by atoms with Gasteiger partial charge in [-0.2, -0.15) is 0 Å². The molecule has 2 rings (SSSR count). The molecule has 0 saturated heterocycles. The minimum absolute atomic E-state index is 0.264. The van der Waals surface area contributed by atoms with E-state index in [-0.39, 0.29) is 6.54 Å². The second kappa shape index (κ2) is 5.04. The van der Waals surface area contributed by atoms with E-state index in [0.29, 0.717) is 11.9 Å². The summed E-state index contributed by atoms with van der Waals surface area (Å²) in [5.74, 6) is 0.438. The van der Waals surface area contributed by atoms with Crippen LogP contribution in [0, 0.1) is 6.92 Å². The van der Waals surface area contributed by atoms with E-state index in [1.165, 1.54) is 0 Å². The fraction of sp³-hybridized carbons (Fsp3) is 0.444. The van der Waals surface area contributed by atoms with E-state index in [2.05, 4.69) is 20.5 Å². The zero-order chi connectivity index (χ0) is 11.4. The standard InChI is InChI=1S/C9H13N5OS/c1-6-5-16-8(12-6)2-3-11-9-14-13-7(4-10)15-9/h5H,2-4,10H2,1H3,(H,11,14). The number of nitrogens with zero attached hydrogens (tertiary/aromatic N) is 3. The Bertz CT molecular complexity index is 452. The highest BCUT2D eigenvalue weighted by molar-refractivity contribution is 7.09. The number of aryl methyl sites for hydroxylation is 1. The molecular weight excluding hydrogens is 226 g/mol. The highest BCUT2D eigenvalue weighted by atomic mass is 32.1. The smallest absolute Gasteiger partial charge is 0.315 e. The number of hydrogen-bond donors (Lipinski definition) is 2. The lowest BCUT2D eigenvalue weighted by Gasteiger charge is -1.97. The molecule has 2 aromatic heterocycles. The quantitative estimate of drug-likeness (QED) is 0.807. The van der Waals surface area contributed by atoms with Crippen LogP contribution in [-0.2, 0) is 13.0 Å². The normalized spacial score (nSPS) is 10.6. The monoisotopic (exact) mass is 239 g/mol. The molecule has 0 unspecified atom stereocenters. The van der Waals surface area contributed by atoms with Gasteiger partial charge in [0, 0.05) is 24.0 Å². The molecule has 0 saturated carbocycles. The Morgan fingerprint density at radius 2 is 2.38 bits per heavy atom. The van der Waals surface area contributed by atoms with E-state index in [9.17, 15) is 0 Å². The van der Waals surface area contributed by atoms with Crippen LogP contribution >= 0.6 is 11.3 Å². The van der Waals surface area contributed by atoms with Crippen LogP contribution in [0.5, 0.6) is 0 Å². The van der Waals surface area contributed by atoms with Gasteiger partial charge in [-0.25, -0.2) is 4.98 Å². The van der Waals surface area contributed by atoms with Gasteiger partial charge in [0.15, 0.2) is 0 Å². The second-order valence-electron chi connectivity index (χ2n) is 3.26. The number of aromatic nitrogens is 3. The topological polar surface area (TPSA) is 89.9 Å². The molecule has 0 atom stereocenters. The summed E-state index contributed by atoms with van der Waals surface area (Å²) >= 11 is 1.66. The number of nitrogens with one attached hydrogen (secondary N) is 1. The van der Waals surface area contributed by atoms with E-state index >= 15 is 0 Å². The summed E-state index contributed by atoms with van der Waals surface area (Å²) in [6.45, 7) is 2.97. The van der Waals surface area contributed by atoms with E-state index < -0.39 is 0 Å². The van der Waals surface area contributed by atoms with Gasteiger partial charge in [0.1, 0.15) is 0 Å². The Morgan fingerprint density at radius 1 is 1.50 bits per heavy atom.